The maximum atomic E-state index is 12.1. The molecule has 6 heteroatoms. The average Bonchev–Trinajstić information content (AvgIpc) is 3.02. The maximum Gasteiger partial charge on any atom is 0.291 e. The Hall–Kier alpha value is -2.21. The third kappa shape index (κ3) is 3.71. The van der Waals surface area contributed by atoms with Gasteiger partial charge in [-0.15, -0.1) is 5.10 Å². The van der Waals surface area contributed by atoms with Crippen LogP contribution in [0.5, 0.6) is 0 Å². The highest BCUT2D eigenvalue weighted by atomic mass is 16.3. The second-order valence-electron chi connectivity index (χ2n) is 5.70. The summed E-state index contributed by atoms with van der Waals surface area (Å²) in [4.78, 5) is 16.1. The van der Waals surface area contributed by atoms with Gasteiger partial charge in [0.25, 0.3) is 5.91 Å². The van der Waals surface area contributed by atoms with E-state index in [4.69, 9.17) is 0 Å². The molecule has 0 bridgehead atoms. The molecule has 118 valence electrons. The molecule has 2 unspecified atom stereocenters. The fourth-order valence-corrected chi connectivity index (χ4v) is 2.02. The smallest absolute Gasteiger partial charge is 0.291 e. The van der Waals surface area contributed by atoms with Gasteiger partial charge in [0.2, 0.25) is 5.82 Å². The number of nitrogens with zero attached hydrogens (tertiary/aromatic N) is 3. The van der Waals surface area contributed by atoms with Crippen LogP contribution in [0.25, 0.3) is 5.69 Å². The van der Waals surface area contributed by atoms with Crippen LogP contribution in [0.4, 0.5) is 0 Å². The highest BCUT2D eigenvalue weighted by Crippen LogP contribution is 2.18. The predicted molar refractivity (Wildman–Crippen MR) is 83.8 cm³/mol. The van der Waals surface area contributed by atoms with Crippen molar-refractivity contribution in [1.29, 1.82) is 0 Å². The van der Waals surface area contributed by atoms with Gasteiger partial charge in [-0.05, 0) is 25.0 Å². The largest absolute Gasteiger partial charge is 0.388 e. The molecule has 0 fully saturated rings. The number of aliphatic hydroxyl groups is 1. The van der Waals surface area contributed by atoms with Gasteiger partial charge in [-0.25, -0.2) is 9.67 Å². The first-order chi connectivity index (χ1) is 10.4. The Morgan fingerprint density at radius 1 is 1.41 bits per heavy atom. The van der Waals surface area contributed by atoms with Crippen LogP contribution in [0.2, 0.25) is 0 Å². The van der Waals surface area contributed by atoms with E-state index in [2.05, 4.69) is 15.4 Å². The summed E-state index contributed by atoms with van der Waals surface area (Å²) in [6.07, 6.45) is 2.33. The molecule has 0 saturated carbocycles. The highest BCUT2D eigenvalue weighted by Gasteiger charge is 2.28. The van der Waals surface area contributed by atoms with E-state index in [1.165, 1.54) is 6.33 Å². The fraction of sp³-hybridized carbons (Fsp3) is 0.438. The minimum atomic E-state index is -0.952. The first-order valence-corrected chi connectivity index (χ1v) is 7.41. The molecule has 0 aliphatic heterocycles. The standard InChI is InChI=1S/C16H22N4O2/c1-4-12(2)16(3,22)10-17-15(21)14-18-11-20(19-14)13-8-6-5-7-9-13/h5-9,11-12,22H,4,10H2,1-3H3,(H,17,21). The molecule has 22 heavy (non-hydrogen) atoms. The summed E-state index contributed by atoms with van der Waals surface area (Å²) in [6, 6.07) is 9.44. The summed E-state index contributed by atoms with van der Waals surface area (Å²) in [5.41, 5.74) is -0.118. The number of rotatable bonds is 6. The zero-order chi connectivity index (χ0) is 16.2. The summed E-state index contributed by atoms with van der Waals surface area (Å²) in [7, 11) is 0. The number of hydrogen-bond donors (Lipinski definition) is 2. The number of aromatic nitrogens is 3. The number of nitrogens with one attached hydrogen (secondary N) is 1. The van der Waals surface area contributed by atoms with Gasteiger partial charge in [0.15, 0.2) is 0 Å². The van der Waals surface area contributed by atoms with E-state index in [-0.39, 0.29) is 18.3 Å². The molecule has 2 N–H and O–H groups in total. The molecule has 1 aromatic carbocycles. The minimum Gasteiger partial charge on any atom is -0.388 e. The summed E-state index contributed by atoms with van der Waals surface area (Å²) < 4.78 is 1.54. The molecule has 0 spiro atoms. The predicted octanol–water partition coefficient (Wildman–Crippen LogP) is 1.79. The van der Waals surface area contributed by atoms with Crippen molar-refractivity contribution in [3.63, 3.8) is 0 Å². The van der Waals surface area contributed by atoms with Gasteiger partial charge in [-0.1, -0.05) is 38.5 Å². The van der Waals surface area contributed by atoms with E-state index in [1.807, 2.05) is 44.2 Å². The summed E-state index contributed by atoms with van der Waals surface area (Å²) in [5, 5.41) is 17.2. The van der Waals surface area contributed by atoms with E-state index in [9.17, 15) is 9.90 Å². The van der Waals surface area contributed by atoms with Crippen LogP contribution in [0, 0.1) is 5.92 Å². The minimum absolute atomic E-state index is 0.0858. The van der Waals surface area contributed by atoms with Crippen molar-refractivity contribution in [2.24, 2.45) is 5.92 Å². The summed E-state index contributed by atoms with van der Waals surface area (Å²) in [6.45, 7) is 5.84. The summed E-state index contributed by atoms with van der Waals surface area (Å²) in [5.74, 6) is -0.218. The van der Waals surface area contributed by atoms with Gasteiger partial charge < -0.3 is 10.4 Å². The van der Waals surface area contributed by atoms with E-state index in [0.717, 1.165) is 12.1 Å². The SMILES string of the molecule is CCC(C)C(C)(O)CNC(=O)c1ncn(-c2ccccc2)n1. The number of hydrogen-bond acceptors (Lipinski definition) is 4. The molecular weight excluding hydrogens is 280 g/mol. The molecule has 0 aliphatic rings. The first kappa shape index (κ1) is 16.2. The average molecular weight is 302 g/mol. The lowest BCUT2D eigenvalue weighted by atomic mass is 9.89. The second-order valence-corrected chi connectivity index (χ2v) is 5.70. The Labute approximate surface area is 130 Å². The Kier molecular flexibility index (Phi) is 4.92. The monoisotopic (exact) mass is 302 g/mol. The van der Waals surface area contributed by atoms with E-state index in [0.29, 0.717) is 0 Å². The number of carbonyl (C=O) groups excluding carboxylic acids is 1. The van der Waals surface area contributed by atoms with Crippen LogP contribution in [0.3, 0.4) is 0 Å². The van der Waals surface area contributed by atoms with Crippen molar-refractivity contribution >= 4 is 5.91 Å². The van der Waals surface area contributed by atoms with Gasteiger partial charge in [-0.2, -0.15) is 0 Å². The van der Waals surface area contributed by atoms with Crippen LogP contribution < -0.4 is 5.32 Å². The quantitative estimate of drug-likeness (QED) is 0.852. The van der Waals surface area contributed by atoms with Gasteiger partial charge >= 0.3 is 0 Å². The van der Waals surface area contributed by atoms with Crippen molar-refractivity contribution in [3.05, 3.63) is 42.5 Å². The lowest BCUT2D eigenvalue weighted by molar-refractivity contribution is 0.00583. The molecule has 0 radical (unpaired) electrons. The fourth-order valence-electron chi connectivity index (χ4n) is 2.02. The molecule has 6 nitrogen and oxygen atoms in total. The third-order valence-corrected chi connectivity index (χ3v) is 4.00. The molecule has 2 aromatic rings. The maximum absolute atomic E-state index is 12.1. The van der Waals surface area contributed by atoms with Crippen LogP contribution in [0.1, 0.15) is 37.8 Å². The molecular formula is C16H22N4O2. The Morgan fingerprint density at radius 3 is 2.73 bits per heavy atom. The second kappa shape index (κ2) is 6.70. The Balaban J connectivity index is 2.01. The van der Waals surface area contributed by atoms with Crippen molar-refractivity contribution in [2.75, 3.05) is 6.54 Å². The van der Waals surface area contributed by atoms with Gasteiger partial charge in [0.1, 0.15) is 6.33 Å². The molecule has 1 aromatic heterocycles. The number of carbonyl (C=O) groups is 1. The molecule has 0 aliphatic carbocycles. The van der Waals surface area contributed by atoms with E-state index < -0.39 is 11.5 Å². The number of amides is 1. The third-order valence-electron chi connectivity index (χ3n) is 4.00. The lowest BCUT2D eigenvalue weighted by Gasteiger charge is -2.29. The zero-order valence-electron chi connectivity index (χ0n) is 13.2. The Bertz CT molecular complexity index is 622. The highest BCUT2D eigenvalue weighted by molar-refractivity contribution is 5.90. The zero-order valence-corrected chi connectivity index (χ0v) is 13.2. The van der Waals surface area contributed by atoms with Crippen LogP contribution in [-0.4, -0.2) is 37.9 Å². The van der Waals surface area contributed by atoms with Crippen LogP contribution in [0.15, 0.2) is 36.7 Å². The van der Waals surface area contributed by atoms with Gasteiger partial charge in [0, 0.05) is 6.54 Å². The van der Waals surface area contributed by atoms with Crippen molar-refractivity contribution < 1.29 is 9.90 Å². The normalized spacial score (nSPS) is 15.1. The van der Waals surface area contributed by atoms with Crippen molar-refractivity contribution in [3.8, 4) is 5.69 Å². The van der Waals surface area contributed by atoms with E-state index >= 15 is 0 Å². The molecule has 1 amide bonds. The Morgan fingerprint density at radius 2 is 2.09 bits per heavy atom. The van der Waals surface area contributed by atoms with Gasteiger partial charge in [-0.3, -0.25) is 4.79 Å². The lowest BCUT2D eigenvalue weighted by Crippen LogP contribution is -2.45. The van der Waals surface area contributed by atoms with Crippen LogP contribution >= 0.6 is 0 Å². The van der Waals surface area contributed by atoms with Crippen molar-refractivity contribution in [2.45, 2.75) is 32.8 Å². The van der Waals surface area contributed by atoms with Crippen LogP contribution in [-0.2, 0) is 0 Å². The molecule has 2 rings (SSSR count). The molecule has 1 heterocycles. The van der Waals surface area contributed by atoms with Crippen molar-refractivity contribution in [1.82, 2.24) is 20.1 Å². The van der Waals surface area contributed by atoms with Gasteiger partial charge in [0.05, 0.1) is 11.3 Å². The molecule has 2 atom stereocenters. The number of benzene rings is 1. The molecule has 0 saturated heterocycles. The van der Waals surface area contributed by atoms with E-state index in [1.54, 1.807) is 11.6 Å². The topological polar surface area (TPSA) is 80.0 Å². The summed E-state index contributed by atoms with van der Waals surface area (Å²) >= 11 is 0. The first-order valence-electron chi connectivity index (χ1n) is 7.41. The number of para-hydroxylation sites is 1.